The molecule has 0 aliphatic carbocycles. The lowest BCUT2D eigenvalue weighted by molar-refractivity contribution is -0.120. The molecule has 2 amide bonds. The summed E-state index contributed by atoms with van der Waals surface area (Å²) in [6.07, 6.45) is 1.53. The number of hydrogen-bond acceptors (Lipinski definition) is 3. The van der Waals surface area contributed by atoms with Crippen LogP contribution >= 0.6 is 0 Å². The maximum Gasteiger partial charge on any atom is 0.268 e. The van der Waals surface area contributed by atoms with Crippen LogP contribution in [0.15, 0.2) is 47.1 Å². The number of likely N-dealkylation sites (N-methyl/N-ethyl adjacent to an activating group) is 1. The highest BCUT2D eigenvalue weighted by Gasteiger charge is 2.18. The molecule has 0 saturated carbocycles. The molecule has 0 aliphatic heterocycles. The Kier molecular flexibility index (Phi) is 4.83. The molecule has 7 heteroatoms. The van der Waals surface area contributed by atoms with Gasteiger partial charge in [-0.3, -0.25) is 9.59 Å². The SMILES string of the molecule is CCNC(=O)CNC(=O)c1cc2occc2n1Cc1cccc(F)c1. The number of amides is 2. The summed E-state index contributed by atoms with van der Waals surface area (Å²) in [6.45, 7) is 2.50. The van der Waals surface area contributed by atoms with Gasteiger partial charge in [0.1, 0.15) is 11.5 Å². The smallest absolute Gasteiger partial charge is 0.268 e. The summed E-state index contributed by atoms with van der Waals surface area (Å²) in [4.78, 5) is 24.0. The minimum absolute atomic E-state index is 0.112. The summed E-state index contributed by atoms with van der Waals surface area (Å²) in [5, 5.41) is 5.20. The largest absolute Gasteiger partial charge is 0.463 e. The van der Waals surface area contributed by atoms with Crippen LogP contribution in [-0.2, 0) is 11.3 Å². The fourth-order valence-electron chi connectivity index (χ4n) is 2.66. The number of fused-ring (bicyclic) bond motifs is 1. The van der Waals surface area contributed by atoms with E-state index in [1.807, 2.05) is 0 Å². The lowest BCUT2D eigenvalue weighted by Gasteiger charge is -2.11. The third-order valence-electron chi connectivity index (χ3n) is 3.77. The van der Waals surface area contributed by atoms with Gasteiger partial charge in [-0.25, -0.2) is 4.39 Å². The van der Waals surface area contributed by atoms with Crippen LogP contribution in [0.2, 0.25) is 0 Å². The first-order chi connectivity index (χ1) is 12.1. The maximum atomic E-state index is 13.4. The summed E-state index contributed by atoms with van der Waals surface area (Å²) in [7, 11) is 0. The van der Waals surface area contributed by atoms with Crippen molar-refractivity contribution in [2.75, 3.05) is 13.1 Å². The highest BCUT2D eigenvalue weighted by Crippen LogP contribution is 2.22. The molecule has 0 atom stereocenters. The molecule has 3 rings (SSSR count). The molecule has 0 unspecified atom stereocenters. The van der Waals surface area contributed by atoms with Gasteiger partial charge in [0.15, 0.2) is 5.58 Å². The van der Waals surface area contributed by atoms with Crippen LogP contribution in [-0.4, -0.2) is 29.5 Å². The lowest BCUT2D eigenvalue weighted by atomic mass is 10.2. The Morgan fingerprint density at radius 1 is 1.20 bits per heavy atom. The number of nitrogens with zero attached hydrogens (tertiary/aromatic N) is 1. The predicted molar refractivity (Wildman–Crippen MR) is 90.7 cm³/mol. The second-order valence-corrected chi connectivity index (χ2v) is 5.55. The monoisotopic (exact) mass is 343 g/mol. The van der Waals surface area contributed by atoms with E-state index < -0.39 is 5.91 Å². The van der Waals surface area contributed by atoms with Crippen molar-refractivity contribution in [2.45, 2.75) is 13.5 Å². The second-order valence-electron chi connectivity index (χ2n) is 5.55. The number of benzene rings is 1. The van der Waals surface area contributed by atoms with E-state index >= 15 is 0 Å². The zero-order valence-corrected chi connectivity index (χ0v) is 13.7. The van der Waals surface area contributed by atoms with Crippen LogP contribution in [0.3, 0.4) is 0 Å². The van der Waals surface area contributed by atoms with Gasteiger partial charge in [0.25, 0.3) is 5.91 Å². The Balaban J connectivity index is 1.86. The van der Waals surface area contributed by atoms with E-state index in [0.29, 0.717) is 24.4 Å². The van der Waals surface area contributed by atoms with Crippen LogP contribution in [0, 0.1) is 5.82 Å². The Bertz CT molecular complexity index is 913. The summed E-state index contributed by atoms with van der Waals surface area (Å²) in [6, 6.07) is 9.55. The molecule has 130 valence electrons. The van der Waals surface area contributed by atoms with Crippen molar-refractivity contribution in [3.8, 4) is 0 Å². The lowest BCUT2D eigenvalue weighted by Crippen LogP contribution is -2.37. The number of rotatable bonds is 6. The van der Waals surface area contributed by atoms with E-state index in [2.05, 4.69) is 10.6 Å². The Morgan fingerprint density at radius 2 is 2.04 bits per heavy atom. The Morgan fingerprint density at radius 3 is 2.80 bits per heavy atom. The molecule has 0 spiro atoms. The van der Waals surface area contributed by atoms with Gasteiger partial charge in [-0.1, -0.05) is 12.1 Å². The van der Waals surface area contributed by atoms with Gasteiger partial charge < -0.3 is 19.6 Å². The van der Waals surface area contributed by atoms with Crippen LogP contribution < -0.4 is 10.6 Å². The van der Waals surface area contributed by atoms with E-state index in [1.165, 1.54) is 18.4 Å². The Hall–Kier alpha value is -3.09. The van der Waals surface area contributed by atoms with Crippen molar-refractivity contribution < 1.29 is 18.4 Å². The van der Waals surface area contributed by atoms with Gasteiger partial charge in [0.2, 0.25) is 5.91 Å². The van der Waals surface area contributed by atoms with E-state index in [9.17, 15) is 14.0 Å². The summed E-state index contributed by atoms with van der Waals surface area (Å²) >= 11 is 0. The first-order valence-electron chi connectivity index (χ1n) is 7.94. The number of carbonyl (C=O) groups is 2. The van der Waals surface area contributed by atoms with Gasteiger partial charge in [0, 0.05) is 25.2 Å². The Labute approximate surface area is 143 Å². The van der Waals surface area contributed by atoms with Crippen molar-refractivity contribution in [2.24, 2.45) is 0 Å². The van der Waals surface area contributed by atoms with E-state index in [4.69, 9.17) is 4.42 Å². The highest BCUT2D eigenvalue weighted by atomic mass is 19.1. The molecule has 0 fully saturated rings. The average Bonchev–Trinajstić information content (AvgIpc) is 3.16. The molecule has 25 heavy (non-hydrogen) atoms. The number of nitrogens with one attached hydrogen (secondary N) is 2. The summed E-state index contributed by atoms with van der Waals surface area (Å²) in [5.41, 5.74) is 2.35. The molecule has 2 aromatic heterocycles. The number of halogens is 1. The molecule has 1 aromatic carbocycles. The first kappa shape index (κ1) is 16.8. The molecule has 0 saturated heterocycles. The molecule has 0 radical (unpaired) electrons. The van der Waals surface area contributed by atoms with Crippen molar-refractivity contribution in [3.63, 3.8) is 0 Å². The van der Waals surface area contributed by atoms with Gasteiger partial charge in [-0.2, -0.15) is 0 Å². The second kappa shape index (κ2) is 7.21. The molecule has 6 nitrogen and oxygen atoms in total. The summed E-state index contributed by atoms with van der Waals surface area (Å²) < 4.78 is 20.5. The van der Waals surface area contributed by atoms with E-state index in [-0.39, 0.29) is 18.3 Å². The van der Waals surface area contributed by atoms with Crippen LogP contribution in [0.25, 0.3) is 11.1 Å². The first-order valence-corrected chi connectivity index (χ1v) is 7.94. The van der Waals surface area contributed by atoms with Crippen molar-refractivity contribution in [3.05, 3.63) is 59.7 Å². The van der Waals surface area contributed by atoms with E-state index in [1.54, 1.807) is 35.8 Å². The molecular weight excluding hydrogens is 325 g/mol. The van der Waals surface area contributed by atoms with Gasteiger partial charge in [0.05, 0.1) is 18.3 Å². The molecule has 2 N–H and O–H groups in total. The quantitative estimate of drug-likeness (QED) is 0.721. The minimum atomic E-state index is -0.394. The van der Waals surface area contributed by atoms with Crippen molar-refractivity contribution >= 4 is 22.9 Å². The average molecular weight is 343 g/mol. The third-order valence-corrected chi connectivity index (χ3v) is 3.77. The fourth-order valence-corrected chi connectivity index (χ4v) is 2.66. The number of furan rings is 1. The number of aromatic nitrogens is 1. The topological polar surface area (TPSA) is 76.3 Å². The zero-order valence-electron chi connectivity index (χ0n) is 13.7. The van der Waals surface area contributed by atoms with Gasteiger partial charge in [-0.15, -0.1) is 0 Å². The molecule has 3 aromatic rings. The molecule has 0 aliphatic rings. The normalized spacial score (nSPS) is 10.8. The molecular formula is C18H18FN3O3. The zero-order chi connectivity index (χ0) is 17.8. The van der Waals surface area contributed by atoms with Gasteiger partial charge >= 0.3 is 0 Å². The maximum absolute atomic E-state index is 13.4. The van der Waals surface area contributed by atoms with Crippen molar-refractivity contribution in [1.82, 2.24) is 15.2 Å². The third kappa shape index (κ3) is 3.71. The number of carbonyl (C=O) groups excluding carboxylic acids is 2. The van der Waals surface area contributed by atoms with Crippen molar-refractivity contribution in [1.29, 1.82) is 0 Å². The minimum Gasteiger partial charge on any atom is -0.463 e. The number of hydrogen-bond donors (Lipinski definition) is 2. The predicted octanol–water partition coefficient (Wildman–Crippen LogP) is 2.29. The standard InChI is InChI=1S/C18H18FN3O3/c1-2-20-17(23)10-21-18(24)15-9-16-14(6-7-25-16)22(15)11-12-4-3-5-13(19)8-12/h3-9H,2,10-11H2,1H3,(H,20,23)(H,21,24). The van der Waals surface area contributed by atoms with Gasteiger partial charge in [-0.05, 0) is 24.6 Å². The molecule has 0 bridgehead atoms. The highest BCUT2D eigenvalue weighted by molar-refractivity contribution is 5.99. The van der Waals surface area contributed by atoms with Crippen LogP contribution in [0.4, 0.5) is 4.39 Å². The van der Waals surface area contributed by atoms with Crippen LogP contribution in [0.5, 0.6) is 0 Å². The fraction of sp³-hybridized carbons (Fsp3) is 0.222. The molecule has 2 heterocycles. The van der Waals surface area contributed by atoms with Crippen LogP contribution in [0.1, 0.15) is 23.0 Å². The van der Waals surface area contributed by atoms with E-state index in [0.717, 1.165) is 11.1 Å². The summed E-state index contributed by atoms with van der Waals surface area (Å²) in [5.74, 6) is -0.993.